The molecule has 0 spiro atoms. The molecule has 0 aliphatic carbocycles. The minimum atomic E-state index is -0.151. The van der Waals surface area contributed by atoms with E-state index >= 15 is 0 Å². The lowest BCUT2D eigenvalue weighted by Crippen LogP contribution is -2.10. The van der Waals surface area contributed by atoms with Gasteiger partial charge in [0, 0.05) is 5.56 Å². The van der Waals surface area contributed by atoms with E-state index in [1.54, 1.807) is 12.1 Å². The second-order valence-corrected chi connectivity index (χ2v) is 5.16. The topological polar surface area (TPSA) is 35.5 Å². The van der Waals surface area contributed by atoms with Crippen molar-refractivity contribution >= 4 is 17.4 Å². The van der Waals surface area contributed by atoms with Gasteiger partial charge in [0.25, 0.3) is 0 Å². The summed E-state index contributed by atoms with van der Waals surface area (Å²) in [5, 5.41) is 0.382. The first-order valence-electron chi connectivity index (χ1n) is 6.52. The van der Waals surface area contributed by atoms with E-state index in [4.69, 9.17) is 21.1 Å². The van der Waals surface area contributed by atoms with Gasteiger partial charge < -0.3 is 9.47 Å². The van der Waals surface area contributed by atoms with E-state index in [2.05, 4.69) is 0 Å². The zero-order chi connectivity index (χ0) is 15.6. The Morgan fingerprint density at radius 2 is 1.57 bits per heavy atom. The number of ketones is 1. The van der Waals surface area contributed by atoms with Crippen molar-refractivity contribution in [3.8, 4) is 11.5 Å². The van der Waals surface area contributed by atoms with Crippen molar-refractivity contribution in [2.45, 2.75) is 13.8 Å². The summed E-state index contributed by atoms with van der Waals surface area (Å²) < 4.78 is 10.6. The summed E-state index contributed by atoms with van der Waals surface area (Å²) in [6, 6.07) is 9.06. The Balaban J connectivity index is 2.71. The van der Waals surface area contributed by atoms with Crippen molar-refractivity contribution in [3.63, 3.8) is 0 Å². The predicted octanol–water partition coefficient (Wildman–Crippen LogP) is 4.21. The molecule has 0 saturated carbocycles. The van der Waals surface area contributed by atoms with Gasteiger partial charge in [0.05, 0.1) is 19.2 Å². The third-order valence-corrected chi connectivity index (χ3v) is 3.73. The van der Waals surface area contributed by atoms with Crippen LogP contribution in [0.1, 0.15) is 27.0 Å². The van der Waals surface area contributed by atoms with Gasteiger partial charge in [-0.05, 0) is 37.1 Å². The number of carbonyl (C=O) groups is 1. The molecule has 21 heavy (non-hydrogen) atoms. The van der Waals surface area contributed by atoms with Crippen LogP contribution in [-0.2, 0) is 0 Å². The molecule has 0 atom stereocenters. The number of rotatable bonds is 4. The average Bonchev–Trinajstić information content (AvgIpc) is 2.46. The molecule has 0 N–H and O–H groups in total. The molecule has 0 fully saturated rings. The van der Waals surface area contributed by atoms with Crippen LogP contribution in [0.25, 0.3) is 0 Å². The highest BCUT2D eigenvalue weighted by Gasteiger charge is 2.24. The predicted molar refractivity (Wildman–Crippen MR) is 83.9 cm³/mol. The van der Waals surface area contributed by atoms with Gasteiger partial charge in [0.2, 0.25) is 5.78 Å². The number of methoxy groups -OCH3 is 2. The van der Waals surface area contributed by atoms with E-state index in [1.807, 2.05) is 32.0 Å². The van der Waals surface area contributed by atoms with Gasteiger partial charge in [0.15, 0.2) is 5.75 Å². The molecule has 0 amide bonds. The number of carbonyl (C=O) groups excluding carboxylic acids is 1. The quantitative estimate of drug-likeness (QED) is 0.794. The third-order valence-electron chi connectivity index (χ3n) is 3.43. The number of halogens is 1. The van der Waals surface area contributed by atoms with Crippen LogP contribution in [0, 0.1) is 13.8 Å². The van der Waals surface area contributed by atoms with Crippen molar-refractivity contribution in [2.75, 3.05) is 14.2 Å². The Labute approximate surface area is 129 Å². The van der Waals surface area contributed by atoms with Crippen LogP contribution >= 0.6 is 11.6 Å². The second kappa shape index (κ2) is 6.19. The maximum absolute atomic E-state index is 13.0. The lowest BCUT2D eigenvalue weighted by atomic mass is 9.94. The molecule has 0 aliphatic heterocycles. The van der Waals surface area contributed by atoms with Gasteiger partial charge in [-0.15, -0.1) is 0 Å². The van der Waals surface area contributed by atoms with Crippen LogP contribution in [-0.4, -0.2) is 20.0 Å². The molecule has 3 nitrogen and oxygen atoms in total. The van der Waals surface area contributed by atoms with E-state index < -0.39 is 0 Å². The number of hydrogen-bond acceptors (Lipinski definition) is 3. The van der Waals surface area contributed by atoms with Gasteiger partial charge >= 0.3 is 0 Å². The van der Waals surface area contributed by atoms with Gasteiger partial charge in [0.1, 0.15) is 11.3 Å². The Morgan fingerprint density at radius 1 is 0.952 bits per heavy atom. The van der Waals surface area contributed by atoms with E-state index in [9.17, 15) is 4.79 Å². The summed E-state index contributed by atoms with van der Waals surface area (Å²) in [5.41, 5.74) is 2.81. The number of benzene rings is 2. The van der Waals surface area contributed by atoms with E-state index in [0.717, 1.165) is 11.1 Å². The minimum absolute atomic E-state index is 0.151. The van der Waals surface area contributed by atoms with Crippen LogP contribution in [0.5, 0.6) is 11.5 Å². The van der Waals surface area contributed by atoms with Crippen molar-refractivity contribution in [1.82, 2.24) is 0 Å². The highest BCUT2D eigenvalue weighted by molar-refractivity contribution is 6.33. The molecular formula is C17H17ClO3. The zero-order valence-corrected chi connectivity index (χ0v) is 13.2. The Bertz CT molecular complexity index is 672. The van der Waals surface area contributed by atoms with Gasteiger partial charge in [-0.3, -0.25) is 4.79 Å². The first-order valence-corrected chi connectivity index (χ1v) is 6.90. The maximum Gasteiger partial charge on any atom is 0.201 e. The molecule has 0 saturated heterocycles. The monoisotopic (exact) mass is 304 g/mol. The van der Waals surface area contributed by atoms with E-state index in [0.29, 0.717) is 27.6 Å². The van der Waals surface area contributed by atoms with Gasteiger partial charge in [-0.25, -0.2) is 0 Å². The summed E-state index contributed by atoms with van der Waals surface area (Å²) >= 11 is 6.14. The Morgan fingerprint density at radius 3 is 2.10 bits per heavy atom. The van der Waals surface area contributed by atoms with Crippen LogP contribution in [0.15, 0.2) is 30.3 Å². The van der Waals surface area contributed by atoms with Crippen molar-refractivity contribution in [2.24, 2.45) is 0 Å². The van der Waals surface area contributed by atoms with Crippen LogP contribution in [0.4, 0.5) is 0 Å². The van der Waals surface area contributed by atoms with E-state index in [1.165, 1.54) is 14.2 Å². The van der Waals surface area contributed by atoms with E-state index in [-0.39, 0.29) is 5.78 Å². The first-order chi connectivity index (χ1) is 10.0. The fraction of sp³-hybridized carbons (Fsp3) is 0.235. The number of hydrogen-bond donors (Lipinski definition) is 0. The third kappa shape index (κ3) is 2.74. The molecule has 2 rings (SSSR count). The molecule has 0 bridgehead atoms. The minimum Gasteiger partial charge on any atom is -0.496 e. The second-order valence-electron chi connectivity index (χ2n) is 4.75. The maximum atomic E-state index is 13.0. The highest BCUT2D eigenvalue weighted by Crippen LogP contribution is 2.37. The normalized spacial score (nSPS) is 10.3. The smallest absolute Gasteiger partial charge is 0.201 e. The van der Waals surface area contributed by atoms with Crippen molar-refractivity contribution < 1.29 is 14.3 Å². The summed E-state index contributed by atoms with van der Waals surface area (Å²) in [4.78, 5) is 13.0. The lowest BCUT2D eigenvalue weighted by Gasteiger charge is -2.15. The molecule has 0 aromatic heterocycles. The largest absolute Gasteiger partial charge is 0.496 e. The summed E-state index contributed by atoms with van der Waals surface area (Å²) in [6.07, 6.45) is 0. The lowest BCUT2D eigenvalue weighted by molar-refractivity contribution is 0.103. The summed E-state index contributed by atoms with van der Waals surface area (Å²) in [7, 11) is 3.01. The highest BCUT2D eigenvalue weighted by atomic mass is 35.5. The molecule has 2 aromatic carbocycles. The Hall–Kier alpha value is -2.00. The zero-order valence-electron chi connectivity index (χ0n) is 12.5. The first kappa shape index (κ1) is 15.4. The number of aryl methyl sites for hydroxylation is 2. The van der Waals surface area contributed by atoms with Crippen LogP contribution < -0.4 is 9.47 Å². The fourth-order valence-electron chi connectivity index (χ4n) is 2.42. The molecule has 0 unspecified atom stereocenters. The van der Waals surface area contributed by atoms with Crippen LogP contribution in [0.2, 0.25) is 5.02 Å². The van der Waals surface area contributed by atoms with Crippen molar-refractivity contribution in [1.29, 1.82) is 0 Å². The summed E-state index contributed by atoms with van der Waals surface area (Å²) in [6.45, 7) is 3.81. The average molecular weight is 305 g/mol. The van der Waals surface area contributed by atoms with Gasteiger partial charge in [-0.1, -0.05) is 29.8 Å². The molecule has 0 aliphatic rings. The van der Waals surface area contributed by atoms with Gasteiger partial charge in [-0.2, -0.15) is 0 Å². The molecule has 0 heterocycles. The number of ether oxygens (including phenoxy) is 2. The standard InChI is InChI=1S/C17H17ClO3/c1-10-6-5-7-11(2)14(10)16(19)15-13(20-3)9-8-12(18)17(15)21-4/h5-9H,1-4H3. The molecule has 0 radical (unpaired) electrons. The fourth-order valence-corrected chi connectivity index (χ4v) is 2.66. The molecule has 4 heteroatoms. The van der Waals surface area contributed by atoms with Crippen molar-refractivity contribution in [3.05, 3.63) is 57.6 Å². The molecular weight excluding hydrogens is 288 g/mol. The Kier molecular flexibility index (Phi) is 4.53. The molecule has 110 valence electrons. The van der Waals surface area contributed by atoms with Crippen LogP contribution in [0.3, 0.4) is 0 Å². The summed E-state index contributed by atoms with van der Waals surface area (Å²) in [5.74, 6) is 0.634. The SMILES string of the molecule is COc1ccc(Cl)c(OC)c1C(=O)c1c(C)cccc1C. The molecule has 2 aromatic rings.